The standard InChI is InChI=1S/C49H71N15O11/c1-28(40(67)59-33(47(74)75)16-8-20-56-49(53)54)64-26-31-14-6-5-13-30(31)24-35(45(64)72)60-42(69)36(27-65)61-41(68)34(23-29-11-3-2-4-12-29)58-39(66)25-57-43(70)37-17-9-21-62(37)46(73)38-18-10-22-63(38)44(71)32(50)15-7-19-55-48(51)52/h2-6,11-14,28,32-38,65H,7-10,15-27,50H2,1H3,(H,57,70)(H,58,66)(H,59,67)(H,60,69)(H,61,68)(H,74,75)(H4,51,52,55)(H4,53,54,56)/t28-,32+,33+,34+,35-,36+,37+,38+/m1/s1. The SMILES string of the molecule is C[C@H](C(=O)N[C@@H](CCCN=C(N)N)C(=O)O)N1Cc2ccccc2C[C@@H](NC(=O)[C@H](CO)NC(=O)[C@H](Cc2ccccc2)NC(=O)CNC(=O)[C@@H]2CCCN2C(=O)[C@@H]2CCCN2C(=O)[C@@H](N)CCCN=C(N)N)C1=O. The number of fused-ring (bicyclic) bond motifs is 1. The minimum atomic E-state index is -1.65. The molecule has 408 valence electrons. The van der Waals surface area contributed by atoms with Crippen LogP contribution in [0.25, 0.3) is 0 Å². The van der Waals surface area contributed by atoms with E-state index in [2.05, 4.69) is 36.6 Å². The molecule has 3 heterocycles. The highest BCUT2D eigenvalue weighted by atomic mass is 16.4. The van der Waals surface area contributed by atoms with Gasteiger partial charge in [0.15, 0.2) is 11.9 Å². The van der Waals surface area contributed by atoms with E-state index in [0.717, 1.165) is 0 Å². The van der Waals surface area contributed by atoms with Gasteiger partial charge in [-0.1, -0.05) is 54.6 Å². The van der Waals surface area contributed by atoms with Crippen LogP contribution in [0.2, 0.25) is 0 Å². The summed E-state index contributed by atoms with van der Waals surface area (Å²) in [6, 6.07) is 6.05. The van der Waals surface area contributed by atoms with E-state index >= 15 is 0 Å². The molecule has 3 aliphatic rings. The lowest BCUT2D eigenvalue weighted by Gasteiger charge is -2.32. The van der Waals surface area contributed by atoms with E-state index in [1.54, 1.807) is 54.6 Å². The van der Waals surface area contributed by atoms with Gasteiger partial charge in [-0.2, -0.15) is 0 Å². The molecule has 8 amide bonds. The van der Waals surface area contributed by atoms with Crippen LogP contribution in [0.1, 0.15) is 75.0 Å². The lowest BCUT2D eigenvalue weighted by atomic mass is 10.0. The summed E-state index contributed by atoms with van der Waals surface area (Å²) in [7, 11) is 0. The van der Waals surface area contributed by atoms with E-state index in [1.807, 2.05) is 0 Å². The predicted octanol–water partition coefficient (Wildman–Crippen LogP) is -4.25. The number of nitrogens with one attached hydrogen (secondary N) is 5. The Kier molecular flexibility index (Phi) is 21.6. The maximum Gasteiger partial charge on any atom is 0.326 e. The topological polar surface area (TPSA) is 419 Å². The summed E-state index contributed by atoms with van der Waals surface area (Å²) in [5.74, 6) is -7.09. The highest BCUT2D eigenvalue weighted by molar-refractivity contribution is 5.98. The number of benzene rings is 2. The molecule has 0 spiro atoms. The number of hydrogen-bond donors (Lipinski definition) is 12. The van der Waals surface area contributed by atoms with Crippen LogP contribution >= 0.6 is 0 Å². The molecule has 0 saturated carbocycles. The Morgan fingerprint density at radius 2 is 1.33 bits per heavy atom. The number of guanidine groups is 2. The third-order valence-corrected chi connectivity index (χ3v) is 13.3. The molecule has 2 fully saturated rings. The Morgan fingerprint density at radius 1 is 0.733 bits per heavy atom. The minimum absolute atomic E-state index is 0.0157. The summed E-state index contributed by atoms with van der Waals surface area (Å²) < 4.78 is 0. The number of rotatable bonds is 25. The summed E-state index contributed by atoms with van der Waals surface area (Å²) in [6.07, 6.45) is 2.59. The van der Waals surface area contributed by atoms with E-state index in [4.69, 9.17) is 28.7 Å². The Labute approximate surface area is 434 Å². The molecule has 5 rings (SSSR count). The number of likely N-dealkylation sites (tertiary alicyclic amines) is 2. The molecule has 8 atom stereocenters. The number of aliphatic hydroxyl groups is 1. The van der Waals surface area contributed by atoms with Crippen LogP contribution in [-0.2, 0) is 62.5 Å². The van der Waals surface area contributed by atoms with Crippen molar-refractivity contribution < 1.29 is 53.4 Å². The second-order valence-corrected chi connectivity index (χ2v) is 18.7. The molecule has 0 bridgehead atoms. The number of nitrogens with two attached hydrogens (primary N) is 5. The van der Waals surface area contributed by atoms with E-state index in [9.17, 15) is 53.4 Å². The largest absolute Gasteiger partial charge is 0.480 e. The van der Waals surface area contributed by atoms with Crippen molar-refractivity contribution in [2.24, 2.45) is 38.7 Å². The zero-order valence-electron chi connectivity index (χ0n) is 42.0. The summed E-state index contributed by atoms with van der Waals surface area (Å²) in [6.45, 7) is 0.802. The van der Waals surface area contributed by atoms with Crippen LogP contribution in [0.4, 0.5) is 0 Å². The van der Waals surface area contributed by atoms with Crippen molar-refractivity contribution >= 4 is 65.1 Å². The van der Waals surface area contributed by atoms with Gasteiger partial charge in [0.25, 0.3) is 0 Å². The Bertz CT molecular complexity index is 2430. The van der Waals surface area contributed by atoms with E-state index in [-0.39, 0.29) is 57.2 Å². The van der Waals surface area contributed by atoms with Crippen molar-refractivity contribution in [1.29, 1.82) is 0 Å². The number of carbonyl (C=O) groups excluding carboxylic acids is 8. The third-order valence-electron chi connectivity index (χ3n) is 13.3. The van der Waals surface area contributed by atoms with Crippen LogP contribution in [0.15, 0.2) is 64.6 Å². The second-order valence-electron chi connectivity index (χ2n) is 18.7. The van der Waals surface area contributed by atoms with Gasteiger partial charge in [-0.15, -0.1) is 0 Å². The molecule has 2 aromatic rings. The molecule has 3 aliphatic heterocycles. The molecule has 17 N–H and O–H groups in total. The number of carboxylic acid groups (broad SMARTS) is 1. The Morgan fingerprint density at radius 3 is 1.97 bits per heavy atom. The highest BCUT2D eigenvalue weighted by Crippen LogP contribution is 2.26. The van der Waals surface area contributed by atoms with Gasteiger partial charge in [0.05, 0.1) is 19.2 Å². The van der Waals surface area contributed by atoms with Crippen molar-refractivity contribution in [3.8, 4) is 0 Å². The van der Waals surface area contributed by atoms with Crippen LogP contribution in [0.3, 0.4) is 0 Å². The zero-order chi connectivity index (χ0) is 54.8. The minimum Gasteiger partial charge on any atom is -0.480 e. The van der Waals surface area contributed by atoms with Crippen molar-refractivity contribution in [1.82, 2.24) is 41.3 Å². The van der Waals surface area contributed by atoms with Gasteiger partial charge in [0, 0.05) is 45.6 Å². The molecule has 26 nitrogen and oxygen atoms in total. The monoisotopic (exact) mass is 1050 g/mol. The van der Waals surface area contributed by atoms with E-state index in [1.165, 1.54) is 21.6 Å². The second kappa shape index (κ2) is 28.0. The lowest BCUT2D eigenvalue weighted by Crippen LogP contribution is -2.60. The van der Waals surface area contributed by atoms with Crippen LogP contribution in [-0.4, -0.2) is 178 Å². The molecule has 0 aromatic heterocycles. The Hall–Kier alpha value is -7.87. The summed E-state index contributed by atoms with van der Waals surface area (Å²) in [5, 5.41) is 33.0. The number of amides is 8. The molecule has 0 radical (unpaired) electrons. The van der Waals surface area contributed by atoms with E-state index < -0.39 is 115 Å². The van der Waals surface area contributed by atoms with Crippen molar-refractivity contribution in [3.63, 3.8) is 0 Å². The summed E-state index contributed by atoms with van der Waals surface area (Å²) in [5.41, 5.74) is 29.6. The van der Waals surface area contributed by atoms with Crippen LogP contribution < -0.4 is 55.3 Å². The van der Waals surface area contributed by atoms with Gasteiger partial charge < -0.3 is 80.2 Å². The smallest absolute Gasteiger partial charge is 0.326 e. The quantitative estimate of drug-likeness (QED) is 0.0255. The molecule has 75 heavy (non-hydrogen) atoms. The zero-order valence-corrected chi connectivity index (χ0v) is 42.0. The number of nitrogens with zero attached hydrogens (tertiary/aromatic N) is 5. The number of hydrogen-bond acceptors (Lipinski definition) is 13. The average Bonchev–Trinajstić information content (AvgIpc) is 4.07. The molecule has 2 aromatic carbocycles. The predicted molar refractivity (Wildman–Crippen MR) is 273 cm³/mol. The molecular weight excluding hydrogens is 975 g/mol. The average molecular weight is 1050 g/mol. The highest BCUT2D eigenvalue weighted by Gasteiger charge is 2.43. The first kappa shape index (κ1) is 58.0. The van der Waals surface area contributed by atoms with Crippen LogP contribution in [0, 0.1) is 0 Å². The first-order valence-corrected chi connectivity index (χ1v) is 25.0. The first-order chi connectivity index (χ1) is 35.8. The third kappa shape index (κ3) is 16.6. The molecule has 2 saturated heterocycles. The van der Waals surface area contributed by atoms with Gasteiger partial charge in [-0.3, -0.25) is 48.3 Å². The number of carboxylic acids is 1. The normalized spacial score (nSPS) is 19.2. The first-order valence-electron chi connectivity index (χ1n) is 25.0. The molecule has 0 unspecified atom stereocenters. The molecular formula is C49H71N15O11. The fraction of sp³-hybridized carbons (Fsp3) is 0.531. The molecule has 0 aliphatic carbocycles. The maximum absolute atomic E-state index is 14.3. The maximum atomic E-state index is 14.3. The molecule has 26 heteroatoms. The fourth-order valence-corrected chi connectivity index (χ4v) is 9.28. The van der Waals surface area contributed by atoms with Gasteiger partial charge in [0.2, 0.25) is 47.3 Å². The van der Waals surface area contributed by atoms with Gasteiger partial charge in [-0.05, 0) is 75.0 Å². The van der Waals surface area contributed by atoms with Gasteiger partial charge in [-0.25, -0.2) is 4.79 Å². The summed E-state index contributed by atoms with van der Waals surface area (Å²) >= 11 is 0. The van der Waals surface area contributed by atoms with Gasteiger partial charge >= 0.3 is 5.97 Å². The Balaban J connectivity index is 1.22. The van der Waals surface area contributed by atoms with Crippen molar-refractivity contribution in [2.75, 3.05) is 39.3 Å². The summed E-state index contributed by atoms with van der Waals surface area (Å²) in [4.78, 5) is 134. The van der Waals surface area contributed by atoms with Crippen LogP contribution in [0.5, 0.6) is 0 Å². The number of aliphatic imine (C=N–C) groups is 2. The fourth-order valence-electron chi connectivity index (χ4n) is 9.28. The van der Waals surface area contributed by atoms with Crippen molar-refractivity contribution in [3.05, 3.63) is 71.3 Å². The van der Waals surface area contributed by atoms with Crippen molar-refractivity contribution in [2.45, 2.75) is 126 Å². The van der Waals surface area contributed by atoms with E-state index in [0.29, 0.717) is 68.3 Å². The van der Waals surface area contributed by atoms with Gasteiger partial charge in [0.1, 0.15) is 42.3 Å². The number of carbonyl (C=O) groups is 9. The number of aliphatic carboxylic acids is 1. The number of aliphatic hydroxyl groups excluding tert-OH is 1. The lowest BCUT2D eigenvalue weighted by molar-refractivity contribution is -0.147.